The minimum Gasteiger partial charge on any atom is -0.363 e. The van der Waals surface area contributed by atoms with Gasteiger partial charge in [0.05, 0.1) is 11.4 Å². The molecule has 6 nitrogen and oxygen atoms in total. The summed E-state index contributed by atoms with van der Waals surface area (Å²) in [6.45, 7) is 13.6. The monoisotopic (exact) mass is 346 g/mol. The molecule has 0 saturated heterocycles. The van der Waals surface area contributed by atoms with Gasteiger partial charge in [-0.1, -0.05) is 20.8 Å². The SMILES string of the molecule is Cc1cc(C)n(C[C@H](C)CNCc2c(C(C)C)nn(C)c2N(C)C)n1. The summed E-state index contributed by atoms with van der Waals surface area (Å²) in [5.74, 6) is 2.12. The highest BCUT2D eigenvalue weighted by molar-refractivity contribution is 5.50. The second-order valence-corrected chi connectivity index (χ2v) is 7.71. The van der Waals surface area contributed by atoms with Crippen molar-refractivity contribution in [2.75, 3.05) is 25.5 Å². The van der Waals surface area contributed by atoms with Gasteiger partial charge in [0.15, 0.2) is 0 Å². The van der Waals surface area contributed by atoms with E-state index in [2.05, 4.69) is 67.9 Å². The van der Waals surface area contributed by atoms with E-state index in [1.165, 1.54) is 22.8 Å². The Labute approximate surface area is 152 Å². The smallest absolute Gasteiger partial charge is 0.130 e. The predicted octanol–water partition coefficient (Wildman–Crippen LogP) is 2.85. The summed E-state index contributed by atoms with van der Waals surface area (Å²) in [5.41, 5.74) is 4.81. The van der Waals surface area contributed by atoms with Gasteiger partial charge in [0.1, 0.15) is 5.82 Å². The quantitative estimate of drug-likeness (QED) is 0.798. The molecule has 0 radical (unpaired) electrons. The molecule has 0 aromatic carbocycles. The average Bonchev–Trinajstić information content (AvgIpc) is 2.98. The second-order valence-electron chi connectivity index (χ2n) is 7.71. The molecule has 1 N–H and O–H groups in total. The molecule has 1 atom stereocenters. The van der Waals surface area contributed by atoms with E-state index in [0.717, 1.165) is 25.3 Å². The van der Waals surface area contributed by atoms with Gasteiger partial charge in [0.25, 0.3) is 0 Å². The van der Waals surface area contributed by atoms with Crippen LogP contribution in [0.2, 0.25) is 0 Å². The van der Waals surface area contributed by atoms with Crippen LogP contribution >= 0.6 is 0 Å². The number of hydrogen-bond donors (Lipinski definition) is 1. The molecule has 2 aromatic heterocycles. The van der Waals surface area contributed by atoms with Crippen molar-refractivity contribution in [3.8, 4) is 0 Å². The normalized spacial score (nSPS) is 12.8. The molecular weight excluding hydrogens is 312 g/mol. The van der Waals surface area contributed by atoms with E-state index in [9.17, 15) is 0 Å². The highest BCUT2D eigenvalue weighted by Gasteiger charge is 2.19. The van der Waals surface area contributed by atoms with E-state index in [1.807, 2.05) is 18.7 Å². The fourth-order valence-electron chi connectivity index (χ4n) is 3.44. The Bertz CT molecular complexity index is 695. The Morgan fingerprint density at radius 2 is 1.84 bits per heavy atom. The van der Waals surface area contributed by atoms with Crippen LogP contribution < -0.4 is 10.2 Å². The van der Waals surface area contributed by atoms with Crippen molar-refractivity contribution in [2.45, 2.75) is 53.6 Å². The van der Waals surface area contributed by atoms with Gasteiger partial charge in [-0.2, -0.15) is 10.2 Å². The largest absolute Gasteiger partial charge is 0.363 e. The van der Waals surface area contributed by atoms with E-state index in [1.54, 1.807) is 0 Å². The zero-order valence-electron chi connectivity index (χ0n) is 17.1. The summed E-state index contributed by atoms with van der Waals surface area (Å²) in [6, 6.07) is 2.13. The number of aromatic nitrogens is 4. The first-order chi connectivity index (χ1) is 11.7. The van der Waals surface area contributed by atoms with Gasteiger partial charge in [0.2, 0.25) is 0 Å². The Morgan fingerprint density at radius 1 is 1.16 bits per heavy atom. The summed E-state index contributed by atoms with van der Waals surface area (Å²) < 4.78 is 4.10. The van der Waals surface area contributed by atoms with Crippen molar-refractivity contribution < 1.29 is 0 Å². The number of hydrogen-bond acceptors (Lipinski definition) is 4. The van der Waals surface area contributed by atoms with Crippen LogP contribution in [0.5, 0.6) is 0 Å². The number of rotatable bonds is 8. The first-order valence-electron chi connectivity index (χ1n) is 9.15. The minimum atomic E-state index is 0.420. The van der Waals surface area contributed by atoms with Crippen LogP contribution in [0.3, 0.4) is 0 Å². The number of nitrogens with zero attached hydrogens (tertiary/aromatic N) is 5. The third-order valence-electron chi connectivity index (χ3n) is 4.50. The average molecular weight is 347 g/mol. The topological polar surface area (TPSA) is 50.9 Å². The zero-order chi connectivity index (χ0) is 18.7. The first-order valence-corrected chi connectivity index (χ1v) is 9.15. The lowest BCUT2D eigenvalue weighted by molar-refractivity contribution is 0.415. The Balaban J connectivity index is 2.00. The van der Waals surface area contributed by atoms with E-state index in [4.69, 9.17) is 5.10 Å². The maximum absolute atomic E-state index is 4.73. The van der Waals surface area contributed by atoms with Crippen LogP contribution in [0.25, 0.3) is 0 Å². The van der Waals surface area contributed by atoms with E-state index >= 15 is 0 Å². The lowest BCUT2D eigenvalue weighted by Gasteiger charge is -2.18. The molecule has 2 aromatic rings. The van der Waals surface area contributed by atoms with Crippen LogP contribution in [-0.4, -0.2) is 40.2 Å². The molecule has 0 aliphatic heterocycles. The predicted molar refractivity (Wildman–Crippen MR) is 104 cm³/mol. The molecule has 0 spiro atoms. The molecule has 0 aliphatic rings. The van der Waals surface area contributed by atoms with Gasteiger partial charge in [-0.15, -0.1) is 0 Å². The maximum atomic E-state index is 4.73. The Kier molecular flexibility index (Phi) is 6.27. The third kappa shape index (κ3) is 4.63. The van der Waals surface area contributed by atoms with Crippen LogP contribution in [0.15, 0.2) is 6.07 Å². The van der Waals surface area contributed by atoms with Crippen molar-refractivity contribution >= 4 is 5.82 Å². The summed E-state index contributed by atoms with van der Waals surface area (Å²) in [7, 11) is 6.18. The Morgan fingerprint density at radius 3 is 2.36 bits per heavy atom. The van der Waals surface area contributed by atoms with Crippen LogP contribution in [0.4, 0.5) is 5.82 Å². The third-order valence-corrected chi connectivity index (χ3v) is 4.50. The first kappa shape index (κ1) is 19.5. The van der Waals surface area contributed by atoms with Crippen LogP contribution in [0, 0.1) is 19.8 Å². The molecule has 0 unspecified atom stereocenters. The Hall–Kier alpha value is -1.82. The molecule has 0 saturated carbocycles. The van der Waals surface area contributed by atoms with Crippen molar-refractivity contribution in [1.29, 1.82) is 0 Å². The van der Waals surface area contributed by atoms with E-state index in [-0.39, 0.29) is 0 Å². The van der Waals surface area contributed by atoms with Gasteiger partial charge in [-0.25, -0.2) is 0 Å². The standard InChI is InChI=1S/C19H34N6/c1-13(2)18-17(19(23(6)7)24(8)22-18)11-20-10-14(3)12-25-16(5)9-15(4)21-25/h9,13-14,20H,10-12H2,1-8H3/t14-/m1/s1. The van der Waals surface area contributed by atoms with Gasteiger partial charge >= 0.3 is 0 Å². The second kappa shape index (κ2) is 8.04. The molecule has 0 aliphatic carbocycles. The highest BCUT2D eigenvalue weighted by Crippen LogP contribution is 2.27. The van der Waals surface area contributed by atoms with Crippen LogP contribution in [-0.2, 0) is 20.1 Å². The molecule has 0 bridgehead atoms. The number of anilines is 1. The van der Waals surface area contributed by atoms with Gasteiger partial charge in [0, 0.05) is 45.5 Å². The molecule has 2 heterocycles. The van der Waals surface area contributed by atoms with E-state index < -0.39 is 0 Å². The van der Waals surface area contributed by atoms with Gasteiger partial charge < -0.3 is 10.2 Å². The molecule has 2 rings (SSSR count). The molecule has 6 heteroatoms. The molecule has 25 heavy (non-hydrogen) atoms. The van der Waals surface area contributed by atoms with Gasteiger partial charge in [-0.05, 0) is 38.3 Å². The summed E-state index contributed by atoms with van der Waals surface area (Å²) >= 11 is 0. The van der Waals surface area contributed by atoms with E-state index in [0.29, 0.717) is 11.8 Å². The fourth-order valence-corrected chi connectivity index (χ4v) is 3.44. The van der Waals surface area contributed by atoms with Crippen molar-refractivity contribution in [1.82, 2.24) is 24.9 Å². The number of aryl methyl sites for hydroxylation is 3. The lowest BCUT2D eigenvalue weighted by atomic mass is 10.0. The molecule has 0 amide bonds. The van der Waals surface area contributed by atoms with Crippen molar-refractivity contribution in [2.24, 2.45) is 13.0 Å². The number of nitrogens with one attached hydrogen (secondary N) is 1. The summed E-state index contributed by atoms with van der Waals surface area (Å²) in [6.07, 6.45) is 0. The fraction of sp³-hybridized carbons (Fsp3) is 0.684. The lowest BCUT2D eigenvalue weighted by Crippen LogP contribution is -2.26. The van der Waals surface area contributed by atoms with Gasteiger partial charge in [-0.3, -0.25) is 9.36 Å². The van der Waals surface area contributed by atoms with Crippen LogP contribution in [0.1, 0.15) is 49.3 Å². The molecular formula is C19H34N6. The maximum Gasteiger partial charge on any atom is 0.130 e. The summed E-state index contributed by atoms with van der Waals surface area (Å²) in [4.78, 5) is 2.15. The van der Waals surface area contributed by atoms with Crippen molar-refractivity contribution in [3.05, 3.63) is 28.7 Å². The minimum absolute atomic E-state index is 0.420. The summed E-state index contributed by atoms with van der Waals surface area (Å²) in [5, 5.41) is 12.9. The zero-order valence-corrected chi connectivity index (χ0v) is 17.1. The molecule has 140 valence electrons. The molecule has 0 fully saturated rings. The van der Waals surface area contributed by atoms with Crippen molar-refractivity contribution in [3.63, 3.8) is 0 Å². The highest BCUT2D eigenvalue weighted by atomic mass is 15.4.